The van der Waals surface area contributed by atoms with Crippen molar-refractivity contribution >= 4 is 34.2 Å². The Bertz CT molecular complexity index is 2450. The highest BCUT2D eigenvalue weighted by molar-refractivity contribution is 5.87. The topological polar surface area (TPSA) is 96.8 Å². The second kappa shape index (κ2) is 30.2. The molecule has 74 heavy (non-hydrogen) atoms. The number of nitrogens with zero attached hydrogens (tertiary/aromatic N) is 2. The average molecular weight is 1010 g/mol. The Morgan fingerprint density at radius 2 is 1.04 bits per heavy atom. The van der Waals surface area contributed by atoms with E-state index in [9.17, 15) is 4.79 Å². The summed E-state index contributed by atoms with van der Waals surface area (Å²) in [6, 6.07) is 25.0. The summed E-state index contributed by atoms with van der Waals surface area (Å²) in [5, 5.41) is 0. The summed E-state index contributed by atoms with van der Waals surface area (Å²) in [6.07, 6.45) is 32.8. The summed E-state index contributed by atoms with van der Waals surface area (Å²) in [5.41, 5.74) is 10.1. The van der Waals surface area contributed by atoms with Gasteiger partial charge < -0.3 is 23.0 Å². The molecule has 0 saturated heterocycles. The molecule has 2 heterocycles. The maximum atomic E-state index is 11.5. The first-order chi connectivity index (χ1) is 36.3. The van der Waals surface area contributed by atoms with Gasteiger partial charge in [-0.05, 0) is 135 Å². The molecule has 2 saturated carbocycles. The Morgan fingerprint density at radius 1 is 0.581 bits per heavy atom. The zero-order valence-electron chi connectivity index (χ0n) is 46.3. The normalized spacial score (nSPS) is 15.3. The van der Waals surface area contributed by atoms with E-state index in [1.54, 1.807) is 6.08 Å². The van der Waals surface area contributed by atoms with Crippen LogP contribution in [0, 0.1) is 18.8 Å². The molecule has 0 spiro atoms. The Labute approximate surface area is 444 Å². The van der Waals surface area contributed by atoms with Gasteiger partial charge >= 0.3 is 5.97 Å². The summed E-state index contributed by atoms with van der Waals surface area (Å²) >= 11 is 0. The van der Waals surface area contributed by atoms with Crippen LogP contribution in [0.4, 0.5) is 0 Å². The van der Waals surface area contributed by atoms with Crippen LogP contribution >= 0.6 is 0 Å². The minimum atomic E-state index is -0.251. The van der Waals surface area contributed by atoms with Crippen molar-refractivity contribution in [3.63, 3.8) is 0 Å². The van der Waals surface area contributed by atoms with Crippen LogP contribution in [0.15, 0.2) is 87.7 Å². The molecule has 2 atom stereocenters. The smallest absolute Gasteiger partial charge is 0.330 e. The molecule has 0 bridgehead atoms. The predicted molar refractivity (Wildman–Crippen MR) is 306 cm³/mol. The van der Waals surface area contributed by atoms with Crippen molar-refractivity contribution < 1.29 is 27.8 Å². The number of hydrogen-bond acceptors (Lipinski definition) is 8. The number of unbranched alkanes of at least 4 members (excludes halogenated alkanes) is 7. The van der Waals surface area contributed by atoms with E-state index in [1.165, 1.54) is 151 Å². The maximum absolute atomic E-state index is 11.5. The van der Waals surface area contributed by atoms with E-state index in [2.05, 4.69) is 83.1 Å². The summed E-state index contributed by atoms with van der Waals surface area (Å²) < 4.78 is 31.3. The lowest BCUT2D eigenvalue weighted by atomic mass is 9.83. The van der Waals surface area contributed by atoms with E-state index in [0.717, 1.165) is 89.3 Å². The number of fused-ring (bicyclic) bond motifs is 2. The molecule has 400 valence electrons. The molecular formula is C66H90N2O6. The van der Waals surface area contributed by atoms with Crippen LogP contribution in [-0.2, 0) is 9.53 Å². The number of benzene rings is 4. The number of esters is 1. The van der Waals surface area contributed by atoms with Crippen molar-refractivity contribution in [2.24, 2.45) is 11.8 Å². The highest BCUT2D eigenvalue weighted by Gasteiger charge is 2.25. The van der Waals surface area contributed by atoms with Gasteiger partial charge in [0, 0.05) is 29.3 Å². The van der Waals surface area contributed by atoms with E-state index in [1.807, 2.05) is 31.2 Å². The largest absolute Gasteiger partial charge is 0.493 e. The lowest BCUT2D eigenvalue weighted by molar-refractivity contribution is -0.137. The molecule has 0 N–H and O–H groups in total. The van der Waals surface area contributed by atoms with Gasteiger partial charge in [0.15, 0.2) is 11.2 Å². The van der Waals surface area contributed by atoms with E-state index in [4.69, 9.17) is 33.0 Å². The van der Waals surface area contributed by atoms with Crippen LogP contribution in [0.2, 0.25) is 0 Å². The minimum Gasteiger partial charge on any atom is -0.493 e. The maximum Gasteiger partial charge on any atom is 0.330 e. The third-order valence-electron chi connectivity index (χ3n) is 15.8. The monoisotopic (exact) mass is 1010 g/mol. The molecule has 4 aromatic carbocycles. The summed E-state index contributed by atoms with van der Waals surface area (Å²) in [6.45, 7) is 15.4. The first-order valence-corrected chi connectivity index (χ1v) is 29.5. The summed E-state index contributed by atoms with van der Waals surface area (Å²) in [4.78, 5) is 21.5. The van der Waals surface area contributed by atoms with Gasteiger partial charge in [-0.15, -0.1) is 0 Å². The molecule has 2 aliphatic carbocycles. The fraction of sp³-hybridized carbons (Fsp3) is 0.561. The van der Waals surface area contributed by atoms with Crippen molar-refractivity contribution in [2.45, 2.75) is 207 Å². The molecule has 2 aliphatic rings. The Balaban J connectivity index is 0.000000337. The standard InChI is InChI=1S/C48H64N2O4.C18H26O2/c1-5-9-17-33(7-3)31-51-43-29-45-41(27-39(43)35-19-13-11-14-20-35)49-47(53-45)37-23-25-38(26-24-37)48-50-42-28-40(36-21-15-12-16-22-36)44(30-46(42)54-48)52-32-34(8-4)18-10-6-2;1-3-4-5-6-7-8-15-20-18(19)14-13-17-11-9-16(2)10-12-17/h23-30,33-36H,5-22,31-32H2,1-4H3;9-14H,3-8,15H2,1-2H3/b;14-13+. The van der Waals surface area contributed by atoms with E-state index >= 15 is 0 Å². The molecule has 2 unspecified atom stereocenters. The number of carbonyl (C=O) groups excluding carboxylic acids is 1. The van der Waals surface area contributed by atoms with Gasteiger partial charge in [-0.2, -0.15) is 0 Å². The quantitative estimate of drug-likeness (QED) is 0.0286. The molecule has 8 heteroatoms. The number of aryl methyl sites for hydroxylation is 1. The molecule has 0 radical (unpaired) electrons. The number of ether oxygens (including phenoxy) is 3. The highest BCUT2D eigenvalue weighted by atomic mass is 16.5. The van der Waals surface area contributed by atoms with E-state index < -0.39 is 0 Å². The van der Waals surface area contributed by atoms with Crippen molar-refractivity contribution in [1.82, 2.24) is 9.97 Å². The Hall–Kier alpha value is -5.37. The van der Waals surface area contributed by atoms with Gasteiger partial charge in [-0.1, -0.05) is 174 Å². The number of hydrogen-bond donors (Lipinski definition) is 0. The van der Waals surface area contributed by atoms with E-state index in [-0.39, 0.29) is 5.97 Å². The summed E-state index contributed by atoms with van der Waals surface area (Å²) in [5.74, 6) is 5.16. The molecule has 0 aliphatic heterocycles. The lowest BCUT2D eigenvalue weighted by Gasteiger charge is -2.25. The number of rotatable bonds is 27. The third kappa shape index (κ3) is 16.8. The molecular weight excluding hydrogens is 917 g/mol. The van der Waals surface area contributed by atoms with Gasteiger partial charge in [-0.3, -0.25) is 0 Å². The van der Waals surface area contributed by atoms with Gasteiger partial charge in [-0.25, -0.2) is 14.8 Å². The molecule has 8 nitrogen and oxygen atoms in total. The zero-order chi connectivity index (χ0) is 51.9. The molecule has 2 aromatic heterocycles. The Morgan fingerprint density at radius 3 is 1.50 bits per heavy atom. The van der Waals surface area contributed by atoms with Crippen LogP contribution in [0.3, 0.4) is 0 Å². The molecule has 0 amide bonds. The van der Waals surface area contributed by atoms with Crippen LogP contribution in [-0.4, -0.2) is 35.8 Å². The second-order valence-corrected chi connectivity index (χ2v) is 21.6. The van der Waals surface area contributed by atoms with Gasteiger partial charge in [0.05, 0.1) is 19.8 Å². The first kappa shape index (κ1) is 56.4. The van der Waals surface area contributed by atoms with Gasteiger partial charge in [0.1, 0.15) is 22.5 Å². The predicted octanol–water partition coefficient (Wildman–Crippen LogP) is 19.5. The number of aromatic nitrogens is 2. The zero-order valence-corrected chi connectivity index (χ0v) is 46.3. The van der Waals surface area contributed by atoms with Crippen LogP contribution in [0.25, 0.3) is 51.2 Å². The van der Waals surface area contributed by atoms with Crippen LogP contribution < -0.4 is 9.47 Å². The molecule has 2 fully saturated rings. The fourth-order valence-corrected chi connectivity index (χ4v) is 10.8. The average Bonchev–Trinajstić information content (AvgIpc) is 4.07. The molecule has 8 rings (SSSR count). The second-order valence-electron chi connectivity index (χ2n) is 21.6. The first-order valence-electron chi connectivity index (χ1n) is 29.5. The Kier molecular flexibility index (Phi) is 23.0. The number of oxazole rings is 2. The van der Waals surface area contributed by atoms with Crippen molar-refractivity contribution in [3.05, 3.63) is 101 Å². The third-order valence-corrected chi connectivity index (χ3v) is 15.8. The number of carbonyl (C=O) groups is 1. The minimum absolute atomic E-state index is 0.251. The lowest BCUT2D eigenvalue weighted by Crippen LogP contribution is -2.13. The summed E-state index contributed by atoms with van der Waals surface area (Å²) in [7, 11) is 0. The fourth-order valence-electron chi connectivity index (χ4n) is 10.8. The van der Waals surface area contributed by atoms with Gasteiger partial charge in [0.25, 0.3) is 0 Å². The van der Waals surface area contributed by atoms with Gasteiger partial charge in [0.2, 0.25) is 11.8 Å². The van der Waals surface area contributed by atoms with Crippen LogP contribution in [0.5, 0.6) is 11.5 Å². The van der Waals surface area contributed by atoms with Crippen molar-refractivity contribution in [1.29, 1.82) is 0 Å². The van der Waals surface area contributed by atoms with E-state index in [0.29, 0.717) is 42.1 Å². The SMILES string of the molecule is CCCCC(CC)COc1cc2oc(-c3ccc(-c4nc5cc(C6CCCCC6)c(OCC(CC)CCCC)cc5o4)cc3)nc2cc1C1CCCCC1.CCCCCCCCOC(=O)/C=C/c1ccc(C)cc1. The highest BCUT2D eigenvalue weighted by Crippen LogP contribution is 2.43. The van der Waals surface area contributed by atoms with Crippen molar-refractivity contribution in [3.8, 4) is 34.4 Å². The van der Waals surface area contributed by atoms with Crippen LogP contribution in [0.1, 0.15) is 223 Å². The van der Waals surface area contributed by atoms with Crippen molar-refractivity contribution in [2.75, 3.05) is 19.8 Å². The molecule has 6 aromatic rings.